The molecule has 0 radical (unpaired) electrons. The molecule has 0 saturated carbocycles. The number of nitrogens with one attached hydrogen (secondary N) is 3. The van der Waals surface area contributed by atoms with Crippen molar-refractivity contribution in [3.8, 4) is 0 Å². The number of amides is 1. The van der Waals surface area contributed by atoms with Crippen molar-refractivity contribution in [1.82, 2.24) is 15.4 Å². The van der Waals surface area contributed by atoms with Crippen molar-refractivity contribution in [1.29, 1.82) is 0 Å². The van der Waals surface area contributed by atoms with Gasteiger partial charge in [-0.15, -0.1) is 0 Å². The highest BCUT2D eigenvalue weighted by atomic mass is 16.6. The Morgan fingerprint density at radius 1 is 0.909 bits per heavy atom. The maximum atomic E-state index is 12.4. The van der Waals surface area contributed by atoms with Crippen LogP contribution in [0.5, 0.6) is 0 Å². The van der Waals surface area contributed by atoms with Crippen LogP contribution >= 0.6 is 0 Å². The number of rotatable bonds is 8. The first kappa shape index (κ1) is 22.5. The summed E-state index contributed by atoms with van der Waals surface area (Å²) in [4.78, 5) is 53.3. The van der Waals surface area contributed by atoms with Gasteiger partial charge >= 0.3 is 11.7 Å². The van der Waals surface area contributed by atoms with Crippen molar-refractivity contribution in [2.45, 2.75) is 0 Å². The molecule has 33 heavy (non-hydrogen) atoms. The summed E-state index contributed by atoms with van der Waals surface area (Å²) in [5, 5.41) is 25.5. The number of anilines is 3. The molecule has 1 amide bonds. The van der Waals surface area contributed by atoms with Gasteiger partial charge < -0.3 is 10.1 Å². The van der Waals surface area contributed by atoms with E-state index < -0.39 is 38.9 Å². The number of ether oxygens (including phenoxy) is 1. The number of carbonyl (C=O) groups is 2. The fraction of sp³-hybridized carbons (Fsp3) is 0.0526. The SMILES string of the molecule is COC(=O)c1ccccc1Nc1ncnc(NNC(=O)c2ccccc2[N+](=O)[O-])c1[N+](=O)[O-]. The van der Waals surface area contributed by atoms with Crippen molar-refractivity contribution in [3.05, 3.63) is 86.2 Å². The number of aromatic nitrogens is 2. The lowest BCUT2D eigenvalue weighted by Gasteiger charge is -2.12. The van der Waals surface area contributed by atoms with E-state index in [1.807, 2.05) is 0 Å². The summed E-state index contributed by atoms with van der Waals surface area (Å²) in [6.45, 7) is 0. The molecule has 0 aliphatic carbocycles. The third-order valence-corrected chi connectivity index (χ3v) is 4.23. The fourth-order valence-electron chi connectivity index (χ4n) is 2.75. The van der Waals surface area contributed by atoms with Gasteiger partial charge in [-0.3, -0.25) is 35.9 Å². The Labute approximate surface area is 184 Å². The third kappa shape index (κ3) is 4.96. The number of esters is 1. The number of hydrogen-bond acceptors (Lipinski definition) is 11. The van der Waals surface area contributed by atoms with Gasteiger partial charge in [0.05, 0.1) is 28.2 Å². The summed E-state index contributed by atoms with van der Waals surface area (Å²) in [6.07, 6.45) is 0.982. The number of carbonyl (C=O) groups excluding carboxylic acids is 2. The molecule has 3 N–H and O–H groups in total. The van der Waals surface area contributed by atoms with Crippen molar-refractivity contribution in [3.63, 3.8) is 0 Å². The molecule has 0 unspecified atom stereocenters. The molecule has 0 atom stereocenters. The van der Waals surface area contributed by atoms with E-state index in [4.69, 9.17) is 4.74 Å². The Hall–Kier alpha value is -5.14. The number of nitro benzene ring substituents is 1. The van der Waals surface area contributed by atoms with E-state index in [0.29, 0.717) is 0 Å². The minimum absolute atomic E-state index is 0.104. The molecule has 14 heteroatoms. The monoisotopic (exact) mass is 453 g/mol. The molecule has 1 aromatic heterocycles. The summed E-state index contributed by atoms with van der Waals surface area (Å²) in [7, 11) is 1.19. The van der Waals surface area contributed by atoms with Crippen LogP contribution in [0.2, 0.25) is 0 Å². The van der Waals surface area contributed by atoms with Crippen molar-refractivity contribution >= 4 is 40.6 Å². The molecule has 0 aliphatic heterocycles. The molecule has 0 aliphatic rings. The second kappa shape index (κ2) is 9.78. The van der Waals surface area contributed by atoms with Gasteiger partial charge in [-0.1, -0.05) is 24.3 Å². The van der Waals surface area contributed by atoms with Crippen LogP contribution in [0.1, 0.15) is 20.7 Å². The van der Waals surface area contributed by atoms with E-state index in [0.717, 1.165) is 12.4 Å². The molecule has 14 nitrogen and oxygen atoms in total. The average molecular weight is 453 g/mol. The number of benzene rings is 2. The average Bonchev–Trinajstić information content (AvgIpc) is 2.82. The lowest BCUT2D eigenvalue weighted by molar-refractivity contribution is -0.385. The van der Waals surface area contributed by atoms with E-state index in [1.165, 1.54) is 37.4 Å². The lowest BCUT2D eigenvalue weighted by atomic mass is 10.2. The van der Waals surface area contributed by atoms with E-state index >= 15 is 0 Å². The maximum absolute atomic E-state index is 12.4. The van der Waals surface area contributed by atoms with E-state index in [9.17, 15) is 29.8 Å². The number of methoxy groups -OCH3 is 1. The van der Waals surface area contributed by atoms with Gasteiger partial charge in [-0.05, 0) is 18.2 Å². The molecule has 3 rings (SSSR count). The Bertz CT molecular complexity index is 1250. The zero-order valence-corrected chi connectivity index (χ0v) is 16.8. The first-order valence-electron chi connectivity index (χ1n) is 9.07. The molecule has 3 aromatic rings. The van der Waals surface area contributed by atoms with Crippen LogP contribution in [-0.2, 0) is 4.74 Å². The lowest BCUT2D eigenvalue weighted by Crippen LogP contribution is -2.30. The number of hydrogen-bond donors (Lipinski definition) is 3. The minimum Gasteiger partial charge on any atom is -0.465 e. The van der Waals surface area contributed by atoms with Crippen molar-refractivity contribution in [2.75, 3.05) is 17.9 Å². The molecule has 2 aromatic carbocycles. The van der Waals surface area contributed by atoms with Crippen LogP contribution in [0.25, 0.3) is 0 Å². The predicted octanol–water partition coefficient (Wildman–Crippen LogP) is 2.58. The highest BCUT2D eigenvalue weighted by Gasteiger charge is 2.26. The third-order valence-electron chi connectivity index (χ3n) is 4.23. The van der Waals surface area contributed by atoms with Crippen LogP contribution in [0.4, 0.5) is 28.7 Å². The van der Waals surface area contributed by atoms with Crippen molar-refractivity contribution in [2.24, 2.45) is 0 Å². The molecule has 168 valence electrons. The maximum Gasteiger partial charge on any atom is 0.355 e. The minimum atomic E-state index is -0.916. The summed E-state index contributed by atoms with van der Waals surface area (Å²) < 4.78 is 4.70. The topological polar surface area (TPSA) is 192 Å². The van der Waals surface area contributed by atoms with Crippen LogP contribution < -0.4 is 16.2 Å². The molecular weight excluding hydrogens is 438 g/mol. The highest BCUT2D eigenvalue weighted by molar-refractivity contribution is 5.99. The van der Waals surface area contributed by atoms with Gasteiger partial charge in [-0.25, -0.2) is 14.8 Å². The normalized spacial score (nSPS) is 10.1. The number of hydrazine groups is 1. The van der Waals surface area contributed by atoms with Gasteiger partial charge in [0.1, 0.15) is 11.9 Å². The smallest absolute Gasteiger partial charge is 0.355 e. The Balaban J connectivity index is 1.90. The molecule has 0 spiro atoms. The molecule has 0 fully saturated rings. The molecule has 1 heterocycles. The van der Waals surface area contributed by atoms with E-state index in [-0.39, 0.29) is 22.6 Å². The second-order valence-electron chi connectivity index (χ2n) is 6.19. The Morgan fingerprint density at radius 2 is 1.55 bits per heavy atom. The summed E-state index contributed by atoms with van der Waals surface area (Å²) in [5.74, 6) is -2.28. The Kier molecular flexibility index (Phi) is 6.68. The van der Waals surface area contributed by atoms with Gasteiger partial charge in [0.2, 0.25) is 11.6 Å². The van der Waals surface area contributed by atoms with Crippen LogP contribution in [-0.4, -0.2) is 38.8 Å². The van der Waals surface area contributed by atoms with Crippen LogP contribution in [0.15, 0.2) is 54.9 Å². The van der Waals surface area contributed by atoms with E-state index in [1.54, 1.807) is 12.1 Å². The van der Waals surface area contributed by atoms with Gasteiger partial charge in [0.15, 0.2) is 0 Å². The second-order valence-corrected chi connectivity index (χ2v) is 6.19. The zero-order chi connectivity index (χ0) is 24.0. The van der Waals surface area contributed by atoms with Crippen molar-refractivity contribution < 1.29 is 24.2 Å². The van der Waals surface area contributed by atoms with Gasteiger partial charge in [0.25, 0.3) is 11.6 Å². The molecule has 0 saturated heterocycles. The molecule has 0 bridgehead atoms. The standard InChI is InChI=1S/C19H15N7O7/c1-33-19(28)11-6-2-4-8-13(11)22-16-15(26(31)32)17(21-10-20-16)23-24-18(27)12-7-3-5-9-14(12)25(29)30/h2-10H,1H3,(H,24,27)(H2,20,21,22,23). The number of nitrogens with zero attached hydrogens (tertiary/aromatic N) is 4. The molecular formula is C19H15N7O7. The van der Waals surface area contributed by atoms with Gasteiger partial charge in [-0.2, -0.15) is 0 Å². The predicted molar refractivity (Wildman–Crippen MR) is 114 cm³/mol. The Morgan fingerprint density at radius 3 is 2.21 bits per heavy atom. The highest BCUT2D eigenvalue weighted by Crippen LogP contribution is 2.32. The van der Waals surface area contributed by atoms with E-state index in [2.05, 4.69) is 26.1 Å². The largest absolute Gasteiger partial charge is 0.465 e. The summed E-state index contributed by atoms with van der Waals surface area (Å²) >= 11 is 0. The quantitative estimate of drug-likeness (QED) is 0.258. The van der Waals surface area contributed by atoms with Crippen LogP contribution in [0, 0.1) is 20.2 Å². The van der Waals surface area contributed by atoms with Crippen LogP contribution in [0.3, 0.4) is 0 Å². The summed E-state index contributed by atoms with van der Waals surface area (Å²) in [5.41, 5.74) is 3.35. The first-order chi connectivity index (χ1) is 15.8. The summed E-state index contributed by atoms with van der Waals surface area (Å²) in [6, 6.07) is 11.3. The van der Waals surface area contributed by atoms with Gasteiger partial charge in [0, 0.05) is 6.07 Å². The first-order valence-corrected chi connectivity index (χ1v) is 9.07. The zero-order valence-electron chi connectivity index (χ0n) is 16.8. The fourth-order valence-corrected chi connectivity index (χ4v) is 2.75. The number of para-hydroxylation sites is 2. The number of nitro groups is 2.